The number of anilines is 1. The minimum absolute atomic E-state index is 0.0923. The van der Waals surface area contributed by atoms with Gasteiger partial charge in [0.05, 0.1) is 30.7 Å². The Hall–Kier alpha value is -2.38. The highest BCUT2D eigenvalue weighted by Crippen LogP contribution is 2.32. The lowest BCUT2D eigenvalue weighted by Crippen LogP contribution is -2.41. The minimum Gasteiger partial charge on any atom is -0.378 e. The first-order chi connectivity index (χ1) is 15.7. The average Bonchev–Trinajstić information content (AvgIpc) is 3.47. The van der Waals surface area contributed by atoms with Crippen LogP contribution in [0.5, 0.6) is 0 Å². The van der Waals surface area contributed by atoms with Crippen LogP contribution >= 0.6 is 0 Å². The molecule has 172 valence electrons. The van der Waals surface area contributed by atoms with Gasteiger partial charge in [-0.05, 0) is 56.0 Å². The average molecular weight is 438 g/mol. The zero-order valence-corrected chi connectivity index (χ0v) is 19.2. The number of carbonyl (C=O) groups excluding carboxylic acids is 1. The third-order valence-electron chi connectivity index (χ3n) is 7.23. The molecule has 2 saturated heterocycles. The molecule has 0 saturated carbocycles. The maximum Gasteiger partial charge on any atom is 0.257 e. The Bertz CT molecular complexity index is 928. The highest BCUT2D eigenvalue weighted by Gasteiger charge is 2.29. The fraction of sp³-hybridized carbons (Fsp3) is 0.600. The number of ether oxygens (including phenoxy) is 1. The molecule has 4 heterocycles. The predicted molar refractivity (Wildman–Crippen MR) is 125 cm³/mol. The summed E-state index contributed by atoms with van der Waals surface area (Å²) in [5.41, 5.74) is 6.14. The van der Waals surface area contributed by atoms with Gasteiger partial charge in [-0.15, -0.1) is 0 Å². The lowest BCUT2D eigenvalue weighted by atomic mass is 9.90. The van der Waals surface area contributed by atoms with Gasteiger partial charge in [0, 0.05) is 44.3 Å². The normalized spacial score (nSPS) is 20.0. The Morgan fingerprint density at radius 1 is 1.16 bits per heavy atom. The standard InChI is InChI=1S/C25H35N5O2/c1-2-8-29-11-7-21-16-19(3-4-23(21)29)18-28-9-5-20(6-10-28)24-22(17-26-27-24)25(31)30-12-14-32-15-13-30/h3-4,16-17,20H,2,5-15,18H2,1H3,(H,26,27). The third kappa shape index (κ3) is 4.41. The van der Waals surface area contributed by atoms with Crippen molar-refractivity contribution in [2.24, 2.45) is 0 Å². The largest absolute Gasteiger partial charge is 0.378 e. The van der Waals surface area contributed by atoms with Crippen molar-refractivity contribution < 1.29 is 9.53 Å². The van der Waals surface area contributed by atoms with Crippen molar-refractivity contribution in [2.45, 2.75) is 45.1 Å². The van der Waals surface area contributed by atoms with Gasteiger partial charge in [-0.3, -0.25) is 14.8 Å². The van der Waals surface area contributed by atoms with Crippen molar-refractivity contribution in [3.8, 4) is 0 Å². The molecule has 2 fully saturated rings. The summed E-state index contributed by atoms with van der Waals surface area (Å²) in [6.45, 7) is 10.3. The number of amides is 1. The molecule has 1 aromatic heterocycles. The second-order valence-electron chi connectivity index (χ2n) is 9.35. The molecule has 3 aliphatic rings. The number of aromatic nitrogens is 2. The van der Waals surface area contributed by atoms with Gasteiger partial charge >= 0.3 is 0 Å². The van der Waals surface area contributed by atoms with Gasteiger partial charge in [0.25, 0.3) is 5.91 Å². The number of aromatic amines is 1. The monoisotopic (exact) mass is 437 g/mol. The molecule has 7 heteroatoms. The highest BCUT2D eigenvalue weighted by atomic mass is 16.5. The number of nitrogens with zero attached hydrogens (tertiary/aromatic N) is 4. The quantitative estimate of drug-likeness (QED) is 0.753. The van der Waals surface area contributed by atoms with Gasteiger partial charge in [0.1, 0.15) is 0 Å². The van der Waals surface area contributed by atoms with Gasteiger partial charge < -0.3 is 14.5 Å². The van der Waals surface area contributed by atoms with E-state index in [0.717, 1.165) is 56.8 Å². The van der Waals surface area contributed by atoms with E-state index in [1.165, 1.54) is 29.7 Å². The summed E-state index contributed by atoms with van der Waals surface area (Å²) in [6, 6.07) is 7.06. The van der Waals surface area contributed by atoms with Crippen LogP contribution in [0.15, 0.2) is 24.4 Å². The maximum atomic E-state index is 13.0. The van der Waals surface area contributed by atoms with E-state index in [1.807, 2.05) is 4.90 Å². The van der Waals surface area contributed by atoms with E-state index in [1.54, 1.807) is 6.20 Å². The van der Waals surface area contributed by atoms with Crippen LogP contribution in [0.3, 0.4) is 0 Å². The molecule has 2 aromatic rings. The molecule has 5 rings (SSSR count). The van der Waals surface area contributed by atoms with Crippen LogP contribution in [-0.2, 0) is 17.7 Å². The topological polar surface area (TPSA) is 64.7 Å². The van der Waals surface area contributed by atoms with Crippen molar-refractivity contribution in [3.05, 3.63) is 46.8 Å². The number of nitrogens with one attached hydrogen (secondary N) is 1. The third-order valence-corrected chi connectivity index (χ3v) is 7.23. The first-order valence-electron chi connectivity index (χ1n) is 12.2. The van der Waals surface area contributed by atoms with Crippen LogP contribution < -0.4 is 4.90 Å². The van der Waals surface area contributed by atoms with Crippen molar-refractivity contribution in [1.82, 2.24) is 20.0 Å². The zero-order valence-electron chi connectivity index (χ0n) is 19.2. The SMILES string of the molecule is CCCN1CCc2cc(CN3CCC(c4[nH]ncc4C(=O)N4CCOCC4)CC3)ccc21. The Morgan fingerprint density at radius 3 is 2.75 bits per heavy atom. The summed E-state index contributed by atoms with van der Waals surface area (Å²) >= 11 is 0. The molecule has 0 aliphatic carbocycles. The van der Waals surface area contributed by atoms with Crippen molar-refractivity contribution in [3.63, 3.8) is 0 Å². The van der Waals surface area contributed by atoms with Crippen LogP contribution in [-0.4, -0.2) is 78.4 Å². The first-order valence-corrected chi connectivity index (χ1v) is 12.2. The van der Waals surface area contributed by atoms with Crippen LogP contribution in [0.25, 0.3) is 0 Å². The first kappa shape index (κ1) is 21.5. The van der Waals surface area contributed by atoms with E-state index in [2.05, 4.69) is 45.1 Å². The fourth-order valence-corrected chi connectivity index (χ4v) is 5.48. The van der Waals surface area contributed by atoms with E-state index in [9.17, 15) is 4.79 Å². The molecule has 32 heavy (non-hydrogen) atoms. The number of morpholine rings is 1. The van der Waals surface area contributed by atoms with Crippen LogP contribution in [0.1, 0.15) is 59.3 Å². The zero-order chi connectivity index (χ0) is 21.9. The van der Waals surface area contributed by atoms with Crippen molar-refractivity contribution in [2.75, 3.05) is 57.4 Å². The number of hydrogen-bond donors (Lipinski definition) is 1. The number of H-pyrrole nitrogens is 1. The lowest BCUT2D eigenvalue weighted by molar-refractivity contribution is 0.0301. The van der Waals surface area contributed by atoms with E-state index in [4.69, 9.17) is 4.74 Å². The number of hydrogen-bond acceptors (Lipinski definition) is 5. The Morgan fingerprint density at radius 2 is 1.97 bits per heavy atom. The number of fused-ring (bicyclic) bond motifs is 1. The smallest absolute Gasteiger partial charge is 0.257 e. The molecule has 7 nitrogen and oxygen atoms in total. The van der Waals surface area contributed by atoms with Crippen molar-refractivity contribution >= 4 is 11.6 Å². The minimum atomic E-state index is 0.0923. The molecule has 0 atom stereocenters. The van der Waals surface area contributed by atoms with E-state index in [0.29, 0.717) is 32.2 Å². The van der Waals surface area contributed by atoms with Gasteiger partial charge in [0.2, 0.25) is 0 Å². The second kappa shape index (κ2) is 9.63. The predicted octanol–water partition coefficient (Wildman–Crippen LogP) is 3.03. The summed E-state index contributed by atoms with van der Waals surface area (Å²) in [5.74, 6) is 0.464. The number of likely N-dealkylation sites (tertiary alicyclic amines) is 1. The second-order valence-corrected chi connectivity index (χ2v) is 9.35. The van der Waals surface area contributed by atoms with Crippen LogP contribution in [0, 0.1) is 0 Å². The van der Waals surface area contributed by atoms with Gasteiger partial charge in [0.15, 0.2) is 0 Å². The number of piperidine rings is 1. The maximum absolute atomic E-state index is 13.0. The Balaban J connectivity index is 1.18. The molecule has 0 unspecified atom stereocenters. The molecule has 3 aliphatic heterocycles. The molecular weight excluding hydrogens is 402 g/mol. The number of rotatable bonds is 6. The summed E-state index contributed by atoms with van der Waals surface area (Å²) in [7, 11) is 0. The molecule has 0 radical (unpaired) electrons. The molecule has 1 aromatic carbocycles. The highest BCUT2D eigenvalue weighted by molar-refractivity contribution is 5.95. The van der Waals surface area contributed by atoms with E-state index < -0.39 is 0 Å². The molecule has 1 N–H and O–H groups in total. The molecular formula is C25H35N5O2. The Labute approximate surface area is 190 Å². The van der Waals surface area contributed by atoms with Gasteiger partial charge in [-0.25, -0.2) is 0 Å². The summed E-state index contributed by atoms with van der Waals surface area (Å²) in [4.78, 5) is 19.9. The van der Waals surface area contributed by atoms with E-state index in [-0.39, 0.29) is 5.91 Å². The summed E-state index contributed by atoms with van der Waals surface area (Å²) in [5, 5.41) is 7.38. The fourth-order valence-electron chi connectivity index (χ4n) is 5.48. The summed E-state index contributed by atoms with van der Waals surface area (Å²) in [6.07, 6.45) is 6.20. The molecule has 1 amide bonds. The Kier molecular flexibility index (Phi) is 6.46. The molecule has 0 spiro atoms. The van der Waals surface area contributed by atoms with Crippen molar-refractivity contribution in [1.29, 1.82) is 0 Å². The lowest BCUT2D eigenvalue weighted by Gasteiger charge is -2.32. The number of carbonyl (C=O) groups is 1. The summed E-state index contributed by atoms with van der Waals surface area (Å²) < 4.78 is 5.39. The van der Waals surface area contributed by atoms with Crippen LogP contribution in [0.2, 0.25) is 0 Å². The van der Waals surface area contributed by atoms with Crippen LogP contribution in [0.4, 0.5) is 5.69 Å². The molecule has 0 bridgehead atoms. The van der Waals surface area contributed by atoms with E-state index >= 15 is 0 Å². The van der Waals surface area contributed by atoms with Gasteiger partial charge in [-0.1, -0.05) is 19.1 Å². The van der Waals surface area contributed by atoms with Gasteiger partial charge in [-0.2, -0.15) is 5.10 Å². The number of benzene rings is 1.